The standard InChI is InChI=1S/C19H20O4/c1-3-7-14(8-4-1)11-20-16-13-22-19(18-17(16)23-18)21-12-15-9-5-2-6-10-15/h1-10,16-19H,11-13H2/t16-,17-,18-,19-/m1/s1. The Morgan fingerprint density at radius 2 is 1.39 bits per heavy atom. The van der Waals surface area contributed by atoms with Gasteiger partial charge in [0.15, 0.2) is 6.29 Å². The van der Waals surface area contributed by atoms with Crippen LogP contribution in [0.2, 0.25) is 0 Å². The summed E-state index contributed by atoms with van der Waals surface area (Å²) in [4.78, 5) is 0. The highest BCUT2D eigenvalue weighted by Crippen LogP contribution is 2.37. The summed E-state index contributed by atoms with van der Waals surface area (Å²) in [6.07, 6.45) is -0.227. The summed E-state index contributed by atoms with van der Waals surface area (Å²) >= 11 is 0. The number of benzene rings is 2. The molecule has 4 nitrogen and oxygen atoms in total. The molecule has 4 atom stereocenters. The van der Waals surface area contributed by atoms with Gasteiger partial charge in [-0.05, 0) is 11.1 Å². The minimum Gasteiger partial charge on any atom is -0.368 e. The Labute approximate surface area is 135 Å². The molecule has 0 N–H and O–H groups in total. The fourth-order valence-electron chi connectivity index (χ4n) is 2.85. The van der Waals surface area contributed by atoms with Crippen LogP contribution in [-0.2, 0) is 32.2 Å². The van der Waals surface area contributed by atoms with Crippen molar-refractivity contribution in [2.45, 2.75) is 37.8 Å². The molecule has 2 aliphatic heterocycles. The first-order valence-electron chi connectivity index (χ1n) is 7.98. The summed E-state index contributed by atoms with van der Waals surface area (Å²) in [6, 6.07) is 20.2. The molecule has 2 aromatic carbocycles. The monoisotopic (exact) mass is 312 g/mol. The molecule has 0 bridgehead atoms. The van der Waals surface area contributed by atoms with Crippen LogP contribution < -0.4 is 0 Å². The van der Waals surface area contributed by atoms with Crippen molar-refractivity contribution in [1.82, 2.24) is 0 Å². The van der Waals surface area contributed by atoms with Crippen LogP contribution in [0.4, 0.5) is 0 Å². The maximum absolute atomic E-state index is 5.93. The smallest absolute Gasteiger partial charge is 0.186 e. The third kappa shape index (κ3) is 3.62. The number of fused-ring (bicyclic) bond motifs is 1. The normalized spacial score (nSPS) is 29.0. The Balaban J connectivity index is 1.24. The van der Waals surface area contributed by atoms with Gasteiger partial charge in [-0.2, -0.15) is 0 Å². The lowest BCUT2D eigenvalue weighted by molar-refractivity contribution is -0.189. The lowest BCUT2D eigenvalue weighted by Gasteiger charge is -2.25. The molecule has 4 rings (SSSR count). The van der Waals surface area contributed by atoms with Crippen molar-refractivity contribution in [2.75, 3.05) is 6.61 Å². The van der Waals surface area contributed by atoms with E-state index in [0.717, 1.165) is 11.1 Å². The predicted molar refractivity (Wildman–Crippen MR) is 84.7 cm³/mol. The van der Waals surface area contributed by atoms with Crippen LogP contribution in [0.25, 0.3) is 0 Å². The van der Waals surface area contributed by atoms with E-state index in [1.807, 2.05) is 48.5 Å². The van der Waals surface area contributed by atoms with Crippen molar-refractivity contribution in [1.29, 1.82) is 0 Å². The lowest BCUT2D eigenvalue weighted by atomic mass is 10.1. The molecule has 2 aromatic rings. The zero-order valence-corrected chi connectivity index (χ0v) is 12.8. The minimum absolute atomic E-state index is 0.00626. The van der Waals surface area contributed by atoms with Crippen molar-refractivity contribution >= 4 is 0 Å². The van der Waals surface area contributed by atoms with E-state index in [-0.39, 0.29) is 24.6 Å². The molecule has 0 aliphatic carbocycles. The van der Waals surface area contributed by atoms with Gasteiger partial charge in [0.25, 0.3) is 0 Å². The SMILES string of the molecule is c1ccc(CO[C@@H]2OC[C@@H](OCc3ccccc3)[C@H]3O[C@@H]23)cc1. The molecule has 0 unspecified atom stereocenters. The third-order valence-corrected chi connectivity index (χ3v) is 4.18. The summed E-state index contributed by atoms with van der Waals surface area (Å²) in [5.41, 5.74) is 2.29. The van der Waals surface area contributed by atoms with E-state index in [1.54, 1.807) is 0 Å². The third-order valence-electron chi connectivity index (χ3n) is 4.18. The molecule has 23 heavy (non-hydrogen) atoms. The van der Waals surface area contributed by atoms with Crippen LogP contribution in [0.5, 0.6) is 0 Å². The van der Waals surface area contributed by atoms with Crippen molar-refractivity contribution in [3.8, 4) is 0 Å². The summed E-state index contributed by atoms with van der Waals surface area (Å²) in [6.45, 7) is 1.62. The van der Waals surface area contributed by atoms with Crippen LogP contribution >= 0.6 is 0 Å². The van der Waals surface area contributed by atoms with Crippen molar-refractivity contribution in [3.63, 3.8) is 0 Å². The molecule has 0 aromatic heterocycles. The first kappa shape index (κ1) is 14.8. The molecule has 0 spiro atoms. The molecular weight excluding hydrogens is 292 g/mol. The number of ether oxygens (including phenoxy) is 4. The highest BCUT2D eigenvalue weighted by molar-refractivity contribution is 5.14. The Morgan fingerprint density at radius 1 is 0.783 bits per heavy atom. The quantitative estimate of drug-likeness (QED) is 0.769. The highest BCUT2D eigenvalue weighted by Gasteiger charge is 2.55. The second kappa shape index (κ2) is 6.81. The molecule has 2 heterocycles. The van der Waals surface area contributed by atoms with Crippen molar-refractivity contribution < 1.29 is 18.9 Å². The van der Waals surface area contributed by atoms with E-state index in [4.69, 9.17) is 18.9 Å². The molecular formula is C19H20O4. The maximum atomic E-state index is 5.93. The second-order valence-corrected chi connectivity index (χ2v) is 5.90. The van der Waals surface area contributed by atoms with Gasteiger partial charge >= 0.3 is 0 Å². The Bertz CT molecular complexity index is 560. The molecule has 120 valence electrons. The predicted octanol–water partition coefficient (Wildman–Crippen LogP) is 2.91. The fraction of sp³-hybridized carbons (Fsp3) is 0.368. The second-order valence-electron chi connectivity index (χ2n) is 5.90. The summed E-state index contributed by atoms with van der Waals surface area (Å²) in [5.74, 6) is 0. The van der Waals surface area contributed by atoms with Crippen LogP contribution in [0.15, 0.2) is 60.7 Å². The van der Waals surface area contributed by atoms with Crippen LogP contribution in [-0.4, -0.2) is 31.2 Å². The van der Waals surface area contributed by atoms with Gasteiger partial charge in [0.1, 0.15) is 18.3 Å². The van der Waals surface area contributed by atoms with E-state index in [0.29, 0.717) is 19.8 Å². The largest absolute Gasteiger partial charge is 0.368 e. The maximum Gasteiger partial charge on any atom is 0.186 e. The van der Waals surface area contributed by atoms with E-state index < -0.39 is 0 Å². The minimum atomic E-state index is -0.295. The summed E-state index contributed by atoms with van der Waals surface area (Å²) in [5, 5.41) is 0. The van der Waals surface area contributed by atoms with E-state index in [2.05, 4.69) is 12.1 Å². The average molecular weight is 312 g/mol. The van der Waals surface area contributed by atoms with Crippen molar-refractivity contribution in [2.24, 2.45) is 0 Å². The Morgan fingerprint density at radius 3 is 2.04 bits per heavy atom. The van der Waals surface area contributed by atoms with Crippen LogP contribution in [0.1, 0.15) is 11.1 Å². The van der Waals surface area contributed by atoms with Crippen molar-refractivity contribution in [3.05, 3.63) is 71.8 Å². The zero-order valence-electron chi connectivity index (χ0n) is 12.8. The lowest BCUT2D eigenvalue weighted by Crippen LogP contribution is -2.40. The molecule has 4 heteroatoms. The number of epoxide rings is 1. The van der Waals surface area contributed by atoms with Gasteiger partial charge in [-0.15, -0.1) is 0 Å². The first-order chi connectivity index (χ1) is 11.4. The molecule has 0 saturated carbocycles. The first-order valence-corrected chi connectivity index (χ1v) is 7.98. The van der Waals surface area contributed by atoms with Gasteiger partial charge in [0.2, 0.25) is 0 Å². The van der Waals surface area contributed by atoms with Gasteiger partial charge in [-0.25, -0.2) is 0 Å². The van der Waals surface area contributed by atoms with Gasteiger partial charge in [0, 0.05) is 0 Å². The molecule has 2 saturated heterocycles. The van der Waals surface area contributed by atoms with E-state index in [1.165, 1.54) is 0 Å². The van der Waals surface area contributed by atoms with E-state index in [9.17, 15) is 0 Å². The fourth-order valence-corrected chi connectivity index (χ4v) is 2.85. The number of hydrogen-bond donors (Lipinski definition) is 0. The van der Waals surface area contributed by atoms with Gasteiger partial charge < -0.3 is 18.9 Å². The van der Waals surface area contributed by atoms with E-state index >= 15 is 0 Å². The Hall–Kier alpha value is -1.72. The number of rotatable bonds is 6. The number of hydrogen-bond acceptors (Lipinski definition) is 4. The molecule has 0 radical (unpaired) electrons. The molecule has 0 amide bonds. The van der Waals surface area contributed by atoms with Crippen LogP contribution in [0, 0.1) is 0 Å². The topological polar surface area (TPSA) is 40.2 Å². The van der Waals surface area contributed by atoms with Crippen LogP contribution in [0.3, 0.4) is 0 Å². The average Bonchev–Trinajstić information content (AvgIpc) is 3.41. The van der Waals surface area contributed by atoms with Gasteiger partial charge in [0.05, 0.1) is 19.8 Å². The summed E-state index contributed by atoms with van der Waals surface area (Å²) in [7, 11) is 0. The molecule has 2 aliphatic rings. The molecule has 2 fully saturated rings. The van der Waals surface area contributed by atoms with Gasteiger partial charge in [-0.3, -0.25) is 0 Å². The zero-order chi connectivity index (χ0) is 15.5. The highest BCUT2D eigenvalue weighted by atomic mass is 16.7. The van der Waals surface area contributed by atoms with Gasteiger partial charge in [-0.1, -0.05) is 60.7 Å². The Kier molecular flexibility index (Phi) is 4.39. The summed E-state index contributed by atoms with van der Waals surface area (Å²) < 4.78 is 23.2.